The molecule has 0 saturated carbocycles. The van der Waals surface area contributed by atoms with Crippen LogP contribution in [0.1, 0.15) is 27.0 Å². The maximum absolute atomic E-state index is 13.1. The Hall–Kier alpha value is -2.21. The summed E-state index contributed by atoms with van der Waals surface area (Å²) in [6.07, 6.45) is -0.0899. The van der Waals surface area contributed by atoms with Gasteiger partial charge in [0.25, 0.3) is 5.91 Å². The number of hydrogen-bond donors (Lipinski definition) is 0. The summed E-state index contributed by atoms with van der Waals surface area (Å²) in [6.45, 7) is 3.57. The zero-order chi connectivity index (χ0) is 18.8. The standard InChI is InChI=1S/C21H19ClN2O2S/c1-14-19(27-20(23-14)16-7-9-17(22)10-8-16)21(25)24-11-12-26-18(13-24)15-5-3-2-4-6-15/h2-10,18H,11-13H2,1H3/t18-/m0/s1. The van der Waals surface area contributed by atoms with Crippen molar-refractivity contribution in [3.63, 3.8) is 0 Å². The molecular formula is C21H19ClN2O2S. The Labute approximate surface area is 167 Å². The molecule has 1 saturated heterocycles. The third kappa shape index (κ3) is 3.90. The number of morpholine rings is 1. The van der Waals surface area contributed by atoms with Crippen LogP contribution in [0, 0.1) is 6.92 Å². The molecule has 6 heteroatoms. The van der Waals surface area contributed by atoms with Gasteiger partial charge in [-0.2, -0.15) is 0 Å². The number of carbonyl (C=O) groups is 1. The molecule has 1 fully saturated rings. The van der Waals surface area contributed by atoms with Gasteiger partial charge in [0.05, 0.1) is 18.8 Å². The lowest BCUT2D eigenvalue weighted by Gasteiger charge is -2.33. The van der Waals surface area contributed by atoms with Gasteiger partial charge in [-0.15, -0.1) is 11.3 Å². The van der Waals surface area contributed by atoms with Crippen LogP contribution >= 0.6 is 22.9 Å². The lowest BCUT2D eigenvalue weighted by atomic mass is 10.1. The van der Waals surface area contributed by atoms with Crippen molar-refractivity contribution in [3.8, 4) is 10.6 Å². The average molecular weight is 399 g/mol. The molecule has 138 valence electrons. The first kappa shape index (κ1) is 18.2. The van der Waals surface area contributed by atoms with Gasteiger partial charge in [-0.1, -0.05) is 54.1 Å². The Kier molecular flexibility index (Phi) is 5.25. The monoisotopic (exact) mass is 398 g/mol. The van der Waals surface area contributed by atoms with Gasteiger partial charge < -0.3 is 9.64 Å². The van der Waals surface area contributed by atoms with Crippen molar-refractivity contribution in [2.24, 2.45) is 0 Å². The molecule has 1 aliphatic heterocycles. The predicted octanol–water partition coefficient (Wildman–Crippen LogP) is 4.99. The Morgan fingerprint density at radius 1 is 1.19 bits per heavy atom. The van der Waals surface area contributed by atoms with Gasteiger partial charge in [0.2, 0.25) is 0 Å². The van der Waals surface area contributed by atoms with E-state index in [2.05, 4.69) is 4.98 Å². The molecule has 27 heavy (non-hydrogen) atoms. The summed E-state index contributed by atoms with van der Waals surface area (Å²) < 4.78 is 5.88. The highest BCUT2D eigenvalue weighted by atomic mass is 35.5. The molecule has 1 amide bonds. The molecule has 0 spiro atoms. The second-order valence-corrected chi connectivity index (χ2v) is 7.90. The Balaban J connectivity index is 1.55. The zero-order valence-electron chi connectivity index (χ0n) is 14.9. The largest absolute Gasteiger partial charge is 0.370 e. The summed E-state index contributed by atoms with van der Waals surface area (Å²) in [5.41, 5.74) is 2.83. The first-order valence-electron chi connectivity index (χ1n) is 8.81. The number of thiazole rings is 1. The molecule has 0 bridgehead atoms. The van der Waals surface area contributed by atoms with Crippen LogP contribution in [-0.2, 0) is 4.74 Å². The lowest BCUT2D eigenvalue weighted by Crippen LogP contribution is -2.42. The van der Waals surface area contributed by atoms with Crippen LogP contribution in [0.5, 0.6) is 0 Å². The van der Waals surface area contributed by atoms with Crippen LogP contribution in [0.3, 0.4) is 0 Å². The van der Waals surface area contributed by atoms with E-state index in [1.165, 1.54) is 11.3 Å². The number of nitrogens with zero attached hydrogens (tertiary/aromatic N) is 2. The van der Waals surface area contributed by atoms with E-state index in [1.54, 1.807) is 0 Å². The maximum Gasteiger partial charge on any atom is 0.266 e. The number of aromatic nitrogens is 1. The van der Waals surface area contributed by atoms with E-state index in [4.69, 9.17) is 16.3 Å². The fourth-order valence-corrected chi connectivity index (χ4v) is 4.32. The summed E-state index contributed by atoms with van der Waals surface area (Å²) in [4.78, 5) is 20.3. The molecule has 1 aliphatic rings. The minimum atomic E-state index is -0.0899. The van der Waals surface area contributed by atoms with Crippen molar-refractivity contribution in [1.29, 1.82) is 0 Å². The first-order chi connectivity index (χ1) is 13.1. The van der Waals surface area contributed by atoms with Crippen molar-refractivity contribution in [2.75, 3.05) is 19.7 Å². The number of aryl methyl sites for hydroxylation is 1. The maximum atomic E-state index is 13.1. The van der Waals surface area contributed by atoms with Gasteiger partial charge in [0, 0.05) is 17.1 Å². The SMILES string of the molecule is Cc1nc(-c2ccc(Cl)cc2)sc1C(=O)N1CCO[C@H](c2ccccc2)C1. The van der Waals surface area contributed by atoms with Crippen molar-refractivity contribution in [1.82, 2.24) is 9.88 Å². The third-order valence-corrected chi connectivity index (χ3v) is 6.05. The summed E-state index contributed by atoms with van der Waals surface area (Å²) in [7, 11) is 0. The van der Waals surface area contributed by atoms with Crippen LogP contribution in [0.2, 0.25) is 5.02 Å². The van der Waals surface area contributed by atoms with Gasteiger partial charge in [0.15, 0.2) is 0 Å². The van der Waals surface area contributed by atoms with Crippen molar-refractivity contribution < 1.29 is 9.53 Å². The molecule has 3 aromatic rings. The van der Waals surface area contributed by atoms with E-state index in [1.807, 2.05) is 66.4 Å². The zero-order valence-corrected chi connectivity index (χ0v) is 16.5. The van der Waals surface area contributed by atoms with Gasteiger partial charge in [-0.05, 0) is 24.6 Å². The van der Waals surface area contributed by atoms with Gasteiger partial charge in [0.1, 0.15) is 16.0 Å². The van der Waals surface area contributed by atoms with Crippen molar-refractivity contribution in [2.45, 2.75) is 13.0 Å². The van der Waals surface area contributed by atoms with Crippen LogP contribution in [0.25, 0.3) is 10.6 Å². The predicted molar refractivity (Wildman–Crippen MR) is 108 cm³/mol. The third-order valence-electron chi connectivity index (χ3n) is 4.61. The Morgan fingerprint density at radius 2 is 1.93 bits per heavy atom. The van der Waals surface area contributed by atoms with E-state index in [0.29, 0.717) is 29.6 Å². The topological polar surface area (TPSA) is 42.4 Å². The molecule has 1 atom stereocenters. The normalized spacial score (nSPS) is 17.1. The van der Waals surface area contributed by atoms with E-state index in [-0.39, 0.29) is 12.0 Å². The van der Waals surface area contributed by atoms with Crippen molar-refractivity contribution in [3.05, 3.63) is 75.8 Å². The molecule has 4 nitrogen and oxygen atoms in total. The molecule has 4 rings (SSSR count). The van der Waals surface area contributed by atoms with E-state index >= 15 is 0 Å². The van der Waals surface area contributed by atoms with Gasteiger partial charge >= 0.3 is 0 Å². The van der Waals surface area contributed by atoms with Crippen LogP contribution in [0.15, 0.2) is 54.6 Å². The summed E-state index contributed by atoms with van der Waals surface area (Å²) in [5.74, 6) is 0.0226. The highest BCUT2D eigenvalue weighted by molar-refractivity contribution is 7.17. The molecular weight excluding hydrogens is 380 g/mol. The summed E-state index contributed by atoms with van der Waals surface area (Å²) in [6, 6.07) is 17.6. The second kappa shape index (κ2) is 7.80. The highest BCUT2D eigenvalue weighted by Gasteiger charge is 2.28. The van der Waals surface area contributed by atoms with Crippen LogP contribution < -0.4 is 0 Å². The van der Waals surface area contributed by atoms with Gasteiger partial charge in [-0.25, -0.2) is 4.98 Å². The summed E-state index contributed by atoms with van der Waals surface area (Å²) in [5, 5.41) is 1.52. The lowest BCUT2D eigenvalue weighted by molar-refractivity contribution is -0.0226. The molecule has 1 aromatic heterocycles. The number of benzene rings is 2. The molecule has 0 unspecified atom stereocenters. The highest BCUT2D eigenvalue weighted by Crippen LogP contribution is 2.31. The number of hydrogen-bond acceptors (Lipinski definition) is 4. The fourth-order valence-electron chi connectivity index (χ4n) is 3.16. The molecule has 0 aliphatic carbocycles. The molecule has 2 heterocycles. The first-order valence-corrected chi connectivity index (χ1v) is 10.0. The van der Waals surface area contributed by atoms with Crippen molar-refractivity contribution >= 4 is 28.8 Å². The number of ether oxygens (including phenoxy) is 1. The quantitative estimate of drug-likeness (QED) is 0.624. The van der Waals surface area contributed by atoms with Gasteiger partial charge in [-0.3, -0.25) is 4.79 Å². The molecule has 2 aromatic carbocycles. The van der Waals surface area contributed by atoms with Crippen LogP contribution in [0.4, 0.5) is 0 Å². The van der Waals surface area contributed by atoms with E-state index < -0.39 is 0 Å². The Bertz CT molecular complexity index is 941. The number of rotatable bonds is 3. The fraction of sp³-hybridized carbons (Fsp3) is 0.238. The van der Waals surface area contributed by atoms with Crippen LogP contribution in [-0.4, -0.2) is 35.5 Å². The Morgan fingerprint density at radius 3 is 2.67 bits per heavy atom. The average Bonchev–Trinajstić information content (AvgIpc) is 3.10. The minimum absolute atomic E-state index is 0.0226. The van der Waals surface area contributed by atoms with E-state index in [9.17, 15) is 4.79 Å². The number of amides is 1. The smallest absolute Gasteiger partial charge is 0.266 e. The molecule has 0 N–H and O–H groups in total. The number of carbonyl (C=O) groups excluding carboxylic acids is 1. The number of halogens is 1. The minimum Gasteiger partial charge on any atom is -0.370 e. The van der Waals surface area contributed by atoms with E-state index in [0.717, 1.165) is 21.8 Å². The summed E-state index contributed by atoms with van der Waals surface area (Å²) >= 11 is 7.39. The molecule has 0 radical (unpaired) electrons. The second-order valence-electron chi connectivity index (χ2n) is 6.46.